The maximum Gasteiger partial charge on any atom is 0.315 e. The number of aliphatic hydroxyl groups is 1. The first-order valence-corrected chi connectivity index (χ1v) is 9.05. The van der Waals surface area contributed by atoms with E-state index >= 15 is 0 Å². The molecule has 1 amide bonds. The second-order valence-corrected chi connectivity index (χ2v) is 6.47. The highest BCUT2D eigenvalue weighted by molar-refractivity contribution is 5.79. The molecule has 2 rings (SSSR count). The quantitative estimate of drug-likeness (QED) is 0.524. The lowest BCUT2D eigenvalue weighted by Crippen LogP contribution is -2.43. The maximum absolute atomic E-state index is 13.1. The number of rotatable bonds is 10. The largest absolute Gasteiger partial charge is 0.386 e. The lowest BCUT2D eigenvalue weighted by atomic mass is 9.99. The van der Waals surface area contributed by atoms with E-state index in [2.05, 4.69) is 10.3 Å². The Balaban J connectivity index is 2.08. The molecule has 1 unspecified atom stereocenters. The standard InChI is InChI=1S/C20H23F4N3O2/c1-12(25-9-8-21)16-7-6-15(11-26-16)13-2-4-14(5-3-13)18(28)17(10-22)27-20(29)19(23)24/h2-7,11-12,17-19,25,28H,8-10H2,1H3,(H,27,29)/t12?,17-,18-/m1/s1. The molecule has 1 heterocycles. The van der Waals surface area contributed by atoms with Gasteiger partial charge in [0.05, 0.1) is 11.7 Å². The molecule has 0 aliphatic carbocycles. The van der Waals surface area contributed by atoms with Gasteiger partial charge in [0.15, 0.2) is 0 Å². The van der Waals surface area contributed by atoms with Crippen LogP contribution in [0.2, 0.25) is 0 Å². The predicted molar refractivity (Wildman–Crippen MR) is 101 cm³/mol. The number of nitrogens with one attached hydrogen (secondary N) is 2. The van der Waals surface area contributed by atoms with E-state index in [1.165, 1.54) is 12.1 Å². The van der Waals surface area contributed by atoms with Gasteiger partial charge in [-0.05, 0) is 24.1 Å². The van der Waals surface area contributed by atoms with E-state index in [1.807, 2.05) is 19.1 Å². The van der Waals surface area contributed by atoms with Gasteiger partial charge in [0.2, 0.25) is 0 Å². The molecule has 5 nitrogen and oxygen atoms in total. The van der Waals surface area contributed by atoms with Crippen molar-refractivity contribution in [1.29, 1.82) is 0 Å². The minimum atomic E-state index is -3.29. The highest BCUT2D eigenvalue weighted by Crippen LogP contribution is 2.24. The number of amides is 1. The van der Waals surface area contributed by atoms with Crippen molar-refractivity contribution >= 4 is 5.91 Å². The molecule has 3 N–H and O–H groups in total. The zero-order valence-electron chi connectivity index (χ0n) is 15.8. The third-order valence-electron chi connectivity index (χ3n) is 4.43. The van der Waals surface area contributed by atoms with E-state index < -0.39 is 37.8 Å². The van der Waals surface area contributed by atoms with Crippen LogP contribution in [-0.2, 0) is 4.79 Å². The highest BCUT2D eigenvalue weighted by Gasteiger charge is 2.26. The number of hydrogen-bond donors (Lipinski definition) is 3. The van der Waals surface area contributed by atoms with Gasteiger partial charge in [0, 0.05) is 24.3 Å². The third-order valence-corrected chi connectivity index (χ3v) is 4.43. The molecule has 1 aromatic carbocycles. The van der Waals surface area contributed by atoms with Gasteiger partial charge in [-0.25, -0.2) is 8.78 Å². The molecule has 29 heavy (non-hydrogen) atoms. The van der Waals surface area contributed by atoms with Crippen molar-refractivity contribution in [2.75, 3.05) is 19.9 Å². The molecule has 0 saturated heterocycles. The Labute approximate surface area is 166 Å². The first kappa shape index (κ1) is 22.8. The van der Waals surface area contributed by atoms with Crippen molar-refractivity contribution < 1.29 is 27.5 Å². The van der Waals surface area contributed by atoms with Crippen molar-refractivity contribution in [3.63, 3.8) is 0 Å². The number of pyridine rings is 1. The van der Waals surface area contributed by atoms with Gasteiger partial charge in [-0.1, -0.05) is 30.3 Å². The summed E-state index contributed by atoms with van der Waals surface area (Å²) >= 11 is 0. The van der Waals surface area contributed by atoms with Crippen molar-refractivity contribution in [2.24, 2.45) is 0 Å². The molecule has 9 heteroatoms. The first-order chi connectivity index (χ1) is 13.9. The summed E-state index contributed by atoms with van der Waals surface area (Å²) in [6.45, 7) is 0.463. The van der Waals surface area contributed by atoms with Gasteiger partial charge in [0.1, 0.15) is 19.5 Å². The Kier molecular flexibility index (Phi) is 8.53. The lowest BCUT2D eigenvalue weighted by molar-refractivity contribution is -0.133. The monoisotopic (exact) mass is 413 g/mol. The Morgan fingerprint density at radius 3 is 2.28 bits per heavy atom. The molecule has 3 atom stereocenters. The smallest absolute Gasteiger partial charge is 0.315 e. The summed E-state index contributed by atoms with van der Waals surface area (Å²) in [4.78, 5) is 15.4. The molecule has 0 radical (unpaired) electrons. The Morgan fingerprint density at radius 2 is 1.76 bits per heavy atom. The summed E-state index contributed by atoms with van der Waals surface area (Å²) < 4.78 is 50.0. The minimum Gasteiger partial charge on any atom is -0.386 e. The summed E-state index contributed by atoms with van der Waals surface area (Å²) in [5.74, 6) is -1.63. The van der Waals surface area contributed by atoms with Gasteiger partial charge in [-0.3, -0.25) is 9.78 Å². The van der Waals surface area contributed by atoms with Crippen LogP contribution in [-0.4, -0.2) is 48.4 Å². The second-order valence-electron chi connectivity index (χ2n) is 6.47. The average molecular weight is 413 g/mol. The van der Waals surface area contributed by atoms with Crippen LogP contribution in [0.3, 0.4) is 0 Å². The molecular weight excluding hydrogens is 390 g/mol. The number of aromatic nitrogens is 1. The zero-order valence-corrected chi connectivity index (χ0v) is 15.8. The molecule has 2 aromatic rings. The Hall–Kier alpha value is -2.52. The summed E-state index contributed by atoms with van der Waals surface area (Å²) in [7, 11) is 0. The fourth-order valence-electron chi connectivity index (χ4n) is 2.76. The van der Waals surface area contributed by atoms with Crippen LogP contribution in [0.15, 0.2) is 42.6 Å². The van der Waals surface area contributed by atoms with Crippen LogP contribution < -0.4 is 10.6 Å². The molecule has 0 spiro atoms. The van der Waals surface area contributed by atoms with Crippen molar-refractivity contribution in [3.05, 3.63) is 53.9 Å². The zero-order chi connectivity index (χ0) is 21.4. The molecule has 158 valence electrons. The molecule has 0 fully saturated rings. The number of benzene rings is 1. The van der Waals surface area contributed by atoms with Gasteiger partial charge < -0.3 is 15.7 Å². The first-order valence-electron chi connectivity index (χ1n) is 9.05. The molecular formula is C20H23F4N3O2. The number of aliphatic hydroxyl groups excluding tert-OH is 1. The second kappa shape index (κ2) is 10.9. The Bertz CT molecular complexity index is 772. The van der Waals surface area contributed by atoms with E-state index in [-0.39, 0.29) is 18.2 Å². The Morgan fingerprint density at radius 1 is 1.10 bits per heavy atom. The van der Waals surface area contributed by atoms with Gasteiger partial charge in [-0.2, -0.15) is 8.78 Å². The summed E-state index contributed by atoms with van der Waals surface area (Å²) in [6, 6.07) is 8.48. The molecule has 0 saturated carbocycles. The van der Waals surface area contributed by atoms with Gasteiger partial charge in [0.25, 0.3) is 5.91 Å². The normalized spacial score (nSPS) is 14.4. The highest BCUT2D eigenvalue weighted by atomic mass is 19.3. The molecule has 0 aliphatic heterocycles. The van der Waals surface area contributed by atoms with Crippen molar-refractivity contribution in [3.8, 4) is 11.1 Å². The SMILES string of the molecule is CC(NCCF)c1ccc(-c2ccc([C@@H](O)[C@@H](CF)NC(=O)C(F)F)cc2)cn1. The van der Waals surface area contributed by atoms with Crippen LogP contribution in [0.5, 0.6) is 0 Å². The van der Waals surface area contributed by atoms with E-state index in [9.17, 15) is 27.5 Å². The minimum absolute atomic E-state index is 0.0987. The summed E-state index contributed by atoms with van der Waals surface area (Å²) in [6.07, 6.45) is -3.11. The number of alkyl halides is 4. The van der Waals surface area contributed by atoms with Crippen LogP contribution >= 0.6 is 0 Å². The van der Waals surface area contributed by atoms with Crippen molar-refractivity contribution in [2.45, 2.75) is 31.5 Å². The van der Waals surface area contributed by atoms with Crippen LogP contribution in [0, 0.1) is 0 Å². The fourth-order valence-corrected chi connectivity index (χ4v) is 2.76. The van der Waals surface area contributed by atoms with E-state index in [4.69, 9.17) is 0 Å². The predicted octanol–water partition coefficient (Wildman–Crippen LogP) is 3.12. The average Bonchev–Trinajstić information content (AvgIpc) is 2.75. The summed E-state index contributed by atoms with van der Waals surface area (Å²) in [5.41, 5.74) is 2.60. The van der Waals surface area contributed by atoms with Crippen LogP contribution in [0.4, 0.5) is 17.6 Å². The van der Waals surface area contributed by atoms with E-state index in [1.54, 1.807) is 23.6 Å². The van der Waals surface area contributed by atoms with E-state index in [0.717, 1.165) is 16.8 Å². The van der Waals surface area contributed by atoms with E-state index in [0.29, 0.717) is 0 Å². The molecule has 0 bridgehead atoms. The summed E-state index contributed by atoms with van der Waals surface area (Å²) in [5, 5.41) is 15.0. The topological polar surface area (TPSA) is 74.2 Å². The number of carbonyl (C=O) groups is 1. The maximum atomic E-state index is 13.1. The number of hydrogen-bond acceptors (Lipinski definition) is 4. The fraction of sp³-hybridized carbons (Fsp3) is 0.400. The van der Waals surface area contributed by atoms with Gasteiger partial charge >= 0.3 is 6.43 Å². The molecule has 0 aliphatic rings. The lowest BCUT2D eigenvalue weighted by Gasteiger charge is -2.22. The van der Waals surface area contributed by atoms with Crippen molar-refractivity contribution in [1.82, 2.24) is 15.6 Å². The number of carbonyl (C=O) groups excluding carboxylic acids is 1. The number of nitrogens with zero attached hydrogens (tertiary/aromatic N) is 1. The van der Waals surface area contributed by atoms with Crippen LogP contribution in [0.25, 0.3) is 11.1 Å². The van der Waals surface area contributed by atoms with Crippen LogP contribution in [0.1, 0.15) is 30.3 Å². The van der Waals surface area contributed by atoms with Gasteiger partial charge in [-0.15, -0.1) is 0 Å². The third kappa shape index (κ3) is 6.23. The number of halogens is 4. The molecule has 1 aromatic heterocycles.